The molecule has 0 saturated heterocycles. The van der Waals surface area contributed by atoms with Gasteiger partial charge in [-0.3, -0.25) is 9.79 Å². The second-order valence-corrected chi connectivity index (χ2v) is 2.45. The Kier molecular flexibility index (Phi) is 10.3. The molecule has 0 aromatic carbocycles. The molecule has 0 saturated carbocycles. The number of aliphatic imine (C=N–C) groups is 1. The van der Waals surface area contributed by atoms with Crippen molar-refractivity contribution in [3.63, 3.8) is 0 Å². The van der Waals surface area contributed by atoms with Crippen LogP contribution in [0.3, 0.4) is 0 Å². The van der Waals surface area contributed by atoms with Crippen molar-refractivity contribution >= 4 is 11.5 Å². The highest BCUT2D eigenvalue weighted by Crippen LogP contribution is 1.97. The Balaban J connectivity index is 0. The Bertz CT molecular complexity index is 202. The van der Waals surface area contributed by atoms with Gasteiger partial charge in [0, 0.05) is 12.8 Å². The molecule has 0 spiro atoms. The number of carbonyl (C=O) groups is 1. The van der Waals surface area contributed by atoms with Crippen LogP contribution in [0.5, 0.6) is 0 Å². The maximum Gasteiger partial charge on any atom is 0.155 e. The fourth-order valence-corrected chi connectivity index (χ4v) is 0.676. The molecule has 0 amide bonds. The van der Waals surface area contributed by atoms with Crippen LogP contribution in [-0.4, -0.2) is 18.5 Å². The minimum absolute atomic E-state index is 0.111. The van der Waals surface area contributed by atoms with Crippen LogP contribution < -0.4 is 0 Å². The van der Waals surface area contributed by atoms with Gasteiger partial charge in [-0.15, -0.1) is 0 Å². The quantitative estimate of drug-likeness (QED) is 0.488. The van der Waals surface area contributed by atoms with Crippen molar-refractivity contribution in [2.45, 2.75) is 41.0 Å². The Morgan fingerprint density at radius 1 is 1.31 bits per heavy atom. The first-order valence-corrected chi connectivity index (χ1v) is 4.76. The summed E-state index contributed by atoms with van der Waals surface area (Å²) in [5.41, 5.74) is 1.74. The molecular weight excluding hydrogens is 162 g/mol. The summed E-state index contributed by atoms with van der Waals surface area (Å²) in [6.07, 6.45) is 2.71. The molecule has 76 valence electrons. The molecule has 0 aromatic rings. The Labute approximate surface area is 81.8 Å². The monoisotopic (exact) mass is 183 g/mol. The van der Waals surface area contributed by atoms with Gasteiger partial charge in [0.15, 0.2) is 5.78 Å². The Morgan fingerprint density at radius 3 is 2.00 bits per heavy atom. The van der Waals surface area contributed by atoms with Crippen LogP contribution in [0.25, 0.3) is 0 Å². The van der Waals surface area contributed by atoms with E-state index in [1.54, 1.807) is 14.0 Å². The molecule has 0 unspecified atom stereocenters. The molecule has 0 aromatic heterocycles. The van der Waals surface area contributed by atoms with Gasteiger partial charge in [0.1, 0.15) is 0 Å². The number of carbonyl (C=O) groups excluding carboxylic acids is 1. The maximum absolute atomic E-state index is 10.8. The summed E-state index contributed by atoms with van der Waals surface area (Å²) in [6.45, 7) is 9.39. The van der Waals surface area contributed by atoms with E-state index < -0.39 is 0 Å². The first kappa shape index (κ1) is 14.6. The standard InChI is InChI=1S/C9H15NO.C2H6/c1-5-9(10-4)6-7(2)8(3)11;1-2/h6H,5H2,1-4H3;1-2H3/b7-6-,10-9?;. The molecule has 2 nitrogen and oxygen atoms in total. The van der Waals surface area contributed by atoms with Crippen LogP contribution >= 0.6 is 0 Å². The van der Waals surface area contributed by atoms with Gasteiger partial charge in [0.2, 0.25) is 0 Å². The number of ketones is 1. The lowest BCUT2D eigenvalue weighted by Crippen LogP contribution is -1.97. The van der Waals surface area contributed by atoms with E-state index in [1.165, 1.54) is 0 Å². The lowest BCUT2D eigenvalue weighted by atomic mass is 10.1. The van der Waals surface area contributed by atoms with Gasteiger partial charge in [-0.25, -0.2) is 0 Å². The predicted molar refractivity (Wildman–Crippen MR) is 59.4 cm³/mol. The van der Waals surface area contributed by atoms with Gasteiger partial charge in [-0.2, -0.15) is 0 Å². The molecule has 0 aliphatic rings. The topological polar surface area (TPSA) is 29.4 Å². The van der Waals surface area contributed by atoms with Crippen LogP contribution in [0.2, 0.25) is 0 Å². The smallest absolute Gasteiger partial charge is 0.155 e. The summed E-state index contributed by atoms with van der Waals surface area (Å²) >= 11 is 0. The minimum atomic E-state index is 0.111. The van der Waals surface area contributed by atoms with E-state index in [0.29, 0.717) is 0 Å². The zero-order valence-corrected chi connectivity index (χ0v) is 9.64. The Hall–Kier alpha value is -0.920. The van der Waals surface area contributed by atoms with Crippen LogP contribution in [0.1, 0.15) is 41.0 Å². The van der Waals surface area contributed by atoms with Crippen molar-refractivity contribution in [3.8, 4) is 0 Å². The fraction of sp³-hybridized carbons (Fsp3) is 0.636. The molecule has 0 radical (unpaired) electrons. The summed E-state index contributed by atoms with van der Waals surface area (Å²) in [5.74, 6) is 0.111. The van der Waals surface area contributed by atoms with E-state index in [0.717, 1.165) is 17.7 Å². The van der Waals surface area contributed by atoms with Crippen molar-refractivity contribution in [1.29, 1.82) is 0 Å². The zero-order chi connectivity index (χ0) is 10.9. The highest BCUT2D eigenvalue weighted by atomic mass is 16.1. The molecule has 0 aliphatic heterocycles. The third-order valence-corrected chi connectivity index (χ3v) is 1.59. The van der Waals surface area contributed by atoms with E-state index >= 15 is 0 Å². The highest BCUT2D eigenvalue weighted by molar-refractivity contribution is 6.03. The SMILES string of the molecule is CC.CCC(/C=C(/C)C(C)=O)=NC. The number of allylic oxidation sites excluding steroid dienone is 2. The summed E-state index contributed by atoms with van der Waals surface area (Å²) in [5, 5.41) is 0. The summed E-state index contributed by atoms with van der Waals surface area (Å²) in [7, 11) is 1.74. The van der Waals surface area contributed by atoms with E-state index in [-0.39, 0.29) is 5.78 Å². The van der Waals surface area contributed by atoms with Crippen LogP contribution in [-0.2, 0) is 4.79 Å². The van der Waals surface area contributed by atoms with Crippen molar-refractivity contribution in [1.82, 2.24) is 0 Å². The van der Waals surface area contributed by atoms with Crippen molar-refractivity contribution < 1.29 is 4.79 Å². The molecule has 0 rings (SSSR count). The van der Waals surface area contributed by atoms with E-state index in [4.69, 9.17) is 0 Å². The second kappa shape index (κ2) is 9.17. The number of nitrogens with zero attached hydrogens (tertiary/aromatic N) is 1. The molecule has 0 atom stereocenters. The normalized spacial score (nSPS) is 11.8. The van der Waals surface area contributed by atoms with Gasteiger partial charge in [0.05, 0.1) is 0 Å². The summed E-state index contributed by atoms with van der Waals surface area (Å²) < 4.78 is 0. The molecule has 13 heavy (non-hydrogen) atoms. The largest absolute Gasteiger partial charge is 0.295 e. The molecule has 2 heteroatoms. The average molecular weight is 183 g/mol. The zero-order valence-electron chi connectivity index (χ0n) is 9.64. The molecule has 0 heterocycles. The van der Waals surface area contributed by atoms with Crippen LogP contribution in [0.15, 0.2) is 16.6 Å². The lowest BCUT2D eigenvalue weighted by Gasteiger charge is -1.96. The number of hydrogen-bond acceptors (Lipinski definition) is 2. The third kappa shape index (κ3) is 7.44. The van der Waals surface area contributed by atoms with E-state index in [2.05, 4.69) is 4.99 Å². The number of Topliss-reactive ketones (excluding diaryl/α,β-unsaturated/α-hetero) is 1. The summed E-state index contributed by atoms with van der Waals surface area (Å²) in [4.78, 5) is 14.8. The summed E-state index contributed by atoms with van der Waals surface area (Å²) in [6, 6.07) is 0. The van der Waals surface area contributed by atoms with E-state index in [1.807, 2.05) is 33.8 Å². The fourth-order valence-electron chi connectivity index (χ4n) is 0.676. The van der Waals surface area contributed by atoms with Crippen LogP contribution in [0, 0.1) is 0 Å². The van der Waals surface area contributed by atoms with Gasteiger partial charge in [0.25, 0.3) is 0 Å². The highest BCUT2D eigenvalue weighted by Gasteiger charge is 1.96. The molecule has 0 fully saturated rings. The van der Waals surface area contributed by atoms with E-state index in [9.17, 15) is 4.79 Å². The van der Waals surface area contributed by atoms with Crippen molar-refractivity contribution in [2.75, 3.05) is 7.05 Å². The molecular formula is C11H21NO. The minimum Gasteiger partial charge on any atom is -0.295 e. The van der Waals surface area contributed by atoms with Crippen molar-refractivity contribution in [3.05, 3.63) is 11.6 Å². The average Bonchev–Trinajstić information content (AvgIpc) is 2.16. The first-order valence-electron chi connectivity index (χ1n) is 4.76. The number of rotatable bonds is 3. The first-order chi connectivity index (χ1) is 6.11. The van der Waals surface area contributed by atoms with Gasteiger partial charge in [-0.1, -0.05) is 20.8 Å². The molecule has 0 bridgehead atoms. The Morgan fingerprint density at radius 2 is 1.77 bits per heavy atom. The van der Waals surface area contributed by atoms with Gasteiger partial charge >= 0.3 is 0 Å². The van der Waals surface area contributed by atoms with Crippen molar-refractivity contribution in [2.24, 2.45) is 4.99 Å². The molecule has 0 aliphatic carbocycles. The maximum atomic E-state index is 10.8. The molecule has 0 N–H and O–H groups in total. The predicted octanol–water partition coefficient (Wildman–Crippen LogP) is 3.03. The third-order valence-electron chi connectivity index (χ3n) is 1.59. The van der Waals surface area contributed by atoms with Gasteiger partial charge < -0.3 is 0 Å². The van der Waals surface area contributed by atoms with Gasteiger partial charge in [-0.05, 0) is 31.9 Å². The lowest BCUT2D eigenvalue weighted by molar-refractivity contribution is -0.113. The number of hydrogen-bond donors (Lipinski definition) is 0. The second-order valence-electron chi connectivity index (χ2n) is 2.45. The van der Waals surface area contributed by atoms with Crippen LogP contribution in [0.4, 0.5) is 0 Å².